The Bertz CT molecular complexity index is 1080. The van der Waals surface area contributed by atoms with Crippen LogP contribution in [0.3, 0.4) is 0 Å². The number of aromatic nitrogens is 3. The molecule has 4 rings (SSSR count). The minimum atomic E-state index is -0.00944. The Morgan fingerprint density at radius 2 is 1.81 bits per heavy atom. The lowest BCUT2D eigenvalue weighted by atomic mass is 10.1. The van der Waals surface area contributed by atoms with Crippen LogP contribution in [0.5, 0.6) is 0 Å². The summed E-state index contributed by atoms with van der Waals surface area (Å²) in [6.07, 6.45) is 5.69. The third-order valence-electron chi connectivity index (χ3n) is 5.15. The lowest BCUT2D eigenvalue weighted by Gasteiger charge is -2.21. The second-order valence-electron chi connectivity index (χ2n) is 7.45. The molecule has 0 aromatic carbocycles. The molecule has 1 fully saturated rings. The van der Waals surface area contributed by atoms with Crippen molar-refractivity contribution < 1.29 is 10.2 Å². The Hall–Kier alpha value is -3.25. The molecule has 0 amide bonds. The van der Waals surface area contributed by atoms with Crippen LogP contribution in [0.1, 0.15) is 29.9 Å². The summed E-state index contributed by atoms with van der Waals surface area (Å²) in [5.74, 6) is 2.48. The van der Waals surface area contributed by atoms with Crippen molar-refractivity contribution in [3.63, 3.8) is 0 Å². The zero-order valence-electron chi connectivity index (χ0n) is 17.5. The Balaban J connectivity index is 0.00000289. The van der Waals surface area contributed by atoms with Gasteiger partial charge in [0.05, 0.1) is 30.5 Å². The fourth-order valence-electron chi connectivity index (χ4n) is 3.42. The molecule has 9 heteroatoms. The van der Waals surface area contributed by atoms with Gasteiger partial charge in [-0.25, -0.2) is 15.0 Å². The molecule has 3 aromatic heterocycles. The first-order valence-corrected chi connectivity index (χ1v) is 10.3. The van der Waals surface area contributed by atoms with Crippen LogP contribution in [0.4, 0.5) is 17.5 Å². The van der Waals surface area contributed by atoms with Gasteiger partial charge in [0.2, 0.25) is 0 Å². The lowest BCUT2D eigenvalue weighted by Crippen LogP contribution is -2.30. The average molecular weight is 453 g/mol. The molecule has 32 heavy (non-hydrogen) atoms. The highest BCUT2D eigenvalue weighted by molar-refractivity contribution is 5.85. The monoisotopic (exact) mass is 452 g/mol. The number of nitrogens with one attached hydrogen (secondary N) is 1. The van der Waals surface area contributed by atoms with Gasteiger partial charge in [-0.05, 0) is 60.7 Å². The van der Waals surface area contributed by atoms with Crippen LogP contribution in [-0.4, -0.2) is 51.5 Å². The minimum Gasteiger partial charge on any atom is -0.395 e. The molecule has 0 atom stereocenters. The summed E-state index contributed by atoms with van der Waals surface area (Å²) >= 11 is 0. The minimum absolute atomic E-state index is 0. The molecule has 1 saturated carbocycles. The Morgan fingerprint density at radius 3 is 2.44 bits per heavy atom. The summed E-state index contributed by atoms with van der Waals surface area (Å²) in [7, 11) is 0. The first-order chi connectivity index (χ1) is 15.2. The molecule has 1 aliphatic carbocycles. The average Bonchev–Trinajstić information content (AvgIpc) is 3.65. The van der Waals surface area contributed by atoms with E-state index in [0.717, 1.165) is 11.3 Å². The van der Waals surface area contributed by atoms with Crippen molar-refractivity contribution in [1.29, 1.82) is 5.26 Å². The van der Waals surface area contributed by atoms with Crippen molar-refractivity contribution in [2.75, 3.05) is 36.5 Å². The van der Waals surface area contributed by atoms with E-state index in [4.69, 9.17) is 10.2 Å². The largest absolute Gasteiger partial charge is 0.395 e. The van der Waals surface area contributed by atoms with Gasteiger partial charge in [0.15, 0.2) is 0 Å². The highest BCUT2D eigenvalue weighted by Crippen LogP contribution is 2.42. The van der Waals surface area contributed by atoms with E-state index in [1.165, 1.54) is 18.4 Å². The standard InChI is InChI=1S/C23H24N6O2.ClH/c24-14-16-5-6-25-21(11-16)28-22-13-19(17-1-2-17)12-20(27-22)18-3-4-23(26-15-18)29(7-9-30)8-10-31;/h3-6,11-13,15,17,30-31H,1-2,7-10H2,(H,25,27,28);1H. The number of aliphatic hydroxyl groups is 2. The fourth-order valence-corrected chi connectivity index (χ4v) is 3.42. The van der Waals surface area contributed by atoms with E-state index in [0.29, 0.717) is 42.0 Å². The van der Waals surface area contributed by atoms with Crippen molar-refractivity contribution in [2.24, 2.45) is 0 Å². The molecular formula is C23H25ClN6O2. The second kappa shape index (κ2) is 10.9. The highest BCUT2D eigenvalue weighted by Gasteiger charge is 2.25. The van der Waals surface area contributed by atoms with Crippen LogP contribution in [0, 0.1) is 11.3 Å². The molecule has 0 saturated heterocycles. The number of rotatable bonds is 9. The first-order valence-electron chi connectivity index (χ1n) is 10.3. The zero-order valence-corrected chi connectivity index (χ0v) is 18.3. The van der Waals surface area contributed by atoms with Gasteiger partial charge in [0.25, 0.3) is 0 Å². The van der Waals surface area contributed by atoms with Gasteiger partial charge in [-0.15, -0.1) is 12.4 Å². The van der Waals surface area contributed by atoms with Crippen molar-refractivity contribution in [1.82, 2.24) is 15.0 Å². The van der Waals surface area contributed by atoms with Crippen molar-refractivity contribution in [3.05, 3.63) is 59.9 Å². The molecular weight excluding hydrogens is 428 g/mol. The van der Waals surface area contributed by atoms with Crippen LogP contribution in [-0.2, 0) is 0 Å². The molecule has 3 heterocycles. The quantitative estimate of drug-likeness (QED) is 0.452. The Labute approximate surface area is 193 Å². The summed E-state index contributed by atoms with van der Waals surface area (Å²) in [6, 6.07) is 13.4. The molecule has 0 aliphatic heterocycles. The van der Waals surface area contributed by atoms with Gasteiger partial charge in [0.1, 0.15) is 17.5 Å². The summed E-state index contributed by atoms with van der Waals surface area (Å²) in [5.41, 5.74) is 3.43. The number of pyridine rings is 3. The van der Waals surface area contributed by atoms with Crippen LogP contribution in [0.2, 0.25) is 0 Å². The topological polar surface area (TPSA) is 118 Å². The van der Waals surface area contributed by atoms with E-state index in [-0.39, 0.29) is 25.6 Å². The molecule has 3 N–H and O–H groups in total. The number of nitrogens with zero attached hydrogens (tertiary/aromatic N) is 5. The summed E-state index contributed by atoms with van der Waals surface area (Å²) < 4.78 is 0. The van der Waals surface area contributed by atoms with E-state index >= 15 is 0 Å². The maximum Gasteiger partial charge on any atom is 0.132 e. The third kappa shape index (κ3) is 5.71. The molecule has 0 bridgehead atoms. The predicted molar refractivity (Wildman–Crippen MR) is 125 cm³/mol. The normalized spacial score (nSPS) is 12.5. The van der Waals surface area contributed by atoms with E-state index in [1.54, 1.807) is 24.5 Å². The summed E-state index contributed by atoms with van der Waals surface area (Å²) in [6.45, 7) is 0.797. The smallest absolute Gasteiger partial charge is 0.132 e. The molecule has 166 valence electrons. The molecule has 0 unspecified atom stereocenters. The first kappa shape index (κ1) is 23.4. The molecule has 1 aliphatic rings. The summed E-state index contributed by atoms with van der Waals surface area (Å²) in [4.78, 5) is 15.4. The van der Waals surface area contributed by atoms with E-state index < -0.39 is 0 Å². The number of hydrogen-bond acceptors (Lipinski definition) is 8. The maximum atomic E-state index is 9.24. The Kier molecular flexibility index (Phi) is 7.95. The highest BCUT2D eigenvalue weighted by atomic mass is 35.5. The van der Waals surface area contributed by atoms with Crippen molar-refractivity contribution >= 4 is 29.9 Å². The van der Waals surface area contributed by atoms with E-state index in [1.807, 2.05) is 23.1 Å². The fraction of sp³-hybridized carbons (Fsp3) is 0.304. The number of nitriles is 1. The number of aliphatic hydroxyl groups excluding tert-OH is 2. The lowest BCUT2D eigenvalue weighted by molar-refractivity contribution is 0.280. The molecule has 8 nitrogen and oxygen atoms in total. The van der Waals surface area contributed by atoms with E-state index in [2.05, 4.69) is 27.4 Å². The second-order valence-corrected chi connectivity index (χ2v) is 7.45. The number of halogens is 1. The number of hydrogen-bond donors (Lipinski definition) is 3. The van der Waals surface area contributed by atoms with Crippen LogP contribution in [0.15, 0.2) is 48.8 Å². The van der Waals surface area contributed by atoms with Gasteiger partial charge in [-0.1, -0.05) is 0 Å². The number of anilines is 3. The van der Waals surface area contributed by atoms with Crippen LogP contribution in [0.25, 0.3) is 11.3 Å². The SMILES string of the molecule is Cl.N#Cc1ccnc(Nc2cc(C3CC3)cc(-c3ccc(N(CCO)CCO)nc3)n2)c1. The van der Waals surface area contributed by atoms with Crippen molar-refractivity contribution in [2.45, 2.75) is 18.8 Å². The van der Waals surface area contributed by atoms with Gasteiger partial charge in [-0.2, -0.15) is 5.26 Å². The third-order valence-corrected chi connectivity index (χ3v) is 5.15. The molecule has 0 radical (unpaired) electrons. The van der Waals surface area contributed by atoms with Gasteiger partial charge < -0.3 is 20.4 Å². The Morgan fingerprint density at radius 1 is 1.03 bits per heavy atom. The predicted octanol–water partition coefficient (Wildman–Crippen LogP) is 3.24. The van der Waals surface area contributed by atoms with E-state index in [9.17, 15) is 10.2 Å². The van der Waals surface area contributed by atoms with Crippen LogP contribution >= 0.6 is 12.4 Å². The maximum absolute atomic E-state index is 9.24. The van der Waals surface area contributed by atoms with Gasteiger partial charge in [-0.3, -0.25) is 0 Å². The zero-order chi connectivity index (χ0) is 21.6. The van der Waals surface area contributed by atoms with Crippen LogP contribution < -0.4 is 10.2 Å². The van der Waals surface area contributed by atoms with Gasteiger partial charge >= 0.3 is 0 Å². The summed E-state index contributed by atoms with van der Waals surface area (Å²) in [5, 5.41) is 30.8. The molecule has 0 spiro atoms. The van der Waals surface area contributed by atoms with Crippen molar-refractivity contribution in [3.8, 4) is 17.3 Å². The van der Waals surface area contributed by atoms with Gasteiger partial charge in [0, 0.05) is 31.0 Å². The molecule has 3 aromatic rings.